The van der Waals surface area contributed by atoms with Gasteiger partial charge in [0, 0.05) is 6.04 Å². The average molecular weight is 256 g/mol. The molecule has 1 aromatic heterocycles. The van der Waals surface area contributed by atoms with Crippen LogP contribution in [0.2, 0.25) is 0 Å². The van der Waals surface area contributed by atoms with Crippen LogP contribution in [0, 0.1) is 0 Å². The molecule has 1 rings (SSSR count). The molecule has 18 heavy (non-hydrogen) atoms. The molecule has 8 heteroatoms. The Bertz CT molecular complexity index is 413. The lowest BCUT2D eigenvalue weighted by Crippen LogP contribution is -2.35. The van der Waals surface area contributed by atoms with Crippen LogP contribution in [0.5, 0.6) is 0 Å². The number of aromatic nitrogens is 3. The van der Waals surface area contributed by atoms with Crippen LogP contribution < -0.4 is 0 Å². The van der Waals surface area contributed by atoms with Gasteiger partial charge in [0.15, 0.2) is 0 Å². The van der Waals surface area contributed by atoms with Crippen LogP contribution in [0.25, 0.3) is 0 Å². The maximum atomic E-state index is 10.7. The van der Waals surface area contributed by atoms with Crippen LogP contribution in [-0.2, 0) is 16.1 Å². The highest BCUT2D eigenvalue weighted by Crippen LogP contribution is 2.07. The van der Waals surface area contributed by atoms with Crippen molar-refractivity contribution in [1.82, 2.24) is 19.7 Å². The summed E-state index contributed by atoms with van der Waals surface area (Å²) in [6.45, 7) is 3.26. The summed E-state index contributed by atoms with van der Waals surface area (Å²) < 4.78 is 1.64. The molecule has 0 fully saturated rings. The van der Waals surface area contributed by atoms with Crippen LogP contribution in [0.15, 0.2) is 6.33 Å². The van der Waals surface area contributed by atoms with Crippen molar-refractivity contribution in [3.63, 3.8) is 0 Å². The van der Waals surface area contributed by atoms with Gasteiger partial charge in [-0.15, -0.1) is 0 Å². The molecule has 1 heterocycles. The summed E-state index contributed by atoms with van der Waals surface area (Å²) in [7, 11) is 0. The Labute approximate surface area is 104 Å². The van der Waals surface area contributed by atoms with Gasteiger partial charge in [-0.2, -0.15) is 5.10 Å². The maximum Gasteiger partial charge on any atom is 0.317 e. The molecule has 1 aromatic rings. The summed E-state index contributed by atoms with van der Waals surface area (Å²) in [5, 5.41) is 21.5. The molecular formula is C10H16N4O4. The number of carboxylic acids is 2. The largest absolute Gasteiger partial charge is 0.480 e. The van der Waals surface area contributed by atoms with Crippen molar-refractivity contribution >= 4 is 11.9 Å². The van der Waals surface area contributed by atoms with E-state index >= 15 is 0 Å². The first-order valence-corrected chi connectivity index (χ1v) is 5.44. The standard InChI is InChI=1S/C10H16N4O4/c1-7(2)14-8(11-6-12-14)3-13(4-9(15)16)5-10(17)18/h6-7H,3-5H2,1-2H3,(H,15,16)(H,17,18). The van der Waals surface area contributed by atoms with Gasteiger partial charge in [-0.3, -0.25) is 14.5 Å². The molecule has 0 aliphatic heterocycles. The van der Waals surface area contributed by atoms with Crippen molar-refractivity contribution < 1.29 is 19.8 Å². The lowest BCUT2D eigenvalue weighted by Gasteiger charge is -2.18. The maximum absolute atomic E-state index is 10.7. The van der Waals surface area contributed by atoms with Gasteiger partial charge in [-0.05, 0) is 13.8 Å². The van der Waals surface area contributed by atoms with Gasteiger partial charge < -0.3 is 10.2 Å². The molecular weight excluding hydrogens is 240 g/mol. The Hall–Kier alpha value is -1.96. The number of aliphatic carboxylic acids is 2. The second kappa shape index (κ2) is 6.10. The minimum absolute atomic E-state index is 0.0824. The second-order valence-electron chi connectivity index (χ2n) is 4.15. The Morgan fingerprint density at radius 3 is 2.33 bits per heavy atom. The topological polar surface area (TPSA) is 109 Å². The fraction of sp³-hybridized carbons (Fsp3) is 0.600. The van der Waals surface area contributed by atoms with Crippen LogP contribution >= 0.6 is 0 Å². The van der Waals surface area contributed by atoms with E-state index in [0.717, 1.165) is 0 Å². The Balaban J connectivity index is 2.78. The Morgan fingerprint density at radius 2 is 1.89 bits per heavy atom. The quantitative estimate of drug-likeness (QED) is 0.697. The summed E-state index contributed by atoms with van der Waals surface area (Å²) in [4.78, 5) is 26.6. The van der Waals surface area contributed by atoms with E-state index in [-0.39, 0.29) is 25.7 Å². The molecule has 8 nitrogen and oxygen atoms in total. The Morgan fingerprint density at radius 1 is 1.33 bits per heavy atom. The highest BCUT2D eigenvalue weighted by atomic mass is 16.4. The number of carbonyl (C=O) groups is 2. The van der Waals surface area contributed by atoms with E-state index in [1.165, 1.54) is 11.2 Å². The van der Waals surface area contributed by atoms with Gasteiger partial charge >= 0.3 is 11.9 Å². The number of hydrogen-bond acceptors (Lipinski definition) is 5. The van der Waals surface area contributed by atoms with Gasteiger partial charge in [0.05, 0.1) is 19.6 Å². The fourth-order valence-electron chi connectivity index (χ4n) is 1.57. The van der Waals surface area contributed by atoms with Gasteiger partial charge in [-0.25, -0.2) is 9.67 Å². The SMILES string of the molecule is CC(C)n1ncnc1CN(CC(=O)O)CC(=O)O. The van der Waals surface area contributed by atoms with E-state index in [9.17, 15) is 9.59 Å². The van der Waals surface area contributed by atoms with Crippen LogP contribution in [-0.4, -0.2) is 54.9 Å². The van der Waals surface area contributed by atoms with Crippen LogP contribution in [0.3, 0.4) is 0 Å². The lowest BCUT2D eigenvalue weighted by atomic mass is 10.3. The van der Waals surface area contributed by atoms with E-state index in [1.807, 2.05) is 13.8 Å². The first-order chi connectivity index (χ1) is 8.40. The monoisotopic (exact) mass is 256 g/mol. The molecule has 0 atom stereocenters. The number of carboxylic acid groups (broad SMARTS) is 2. The summed E-state index contributed by atoms with van der Waals surface area (Å²) >= 11 is 0. The van der Waals surface area contributed by atoms with E-state index in [4.69, 9.17) is 10.2 Å². The van der Waals surface area contributed by atoms with Crippen LogP contribution in [0.1, 0.15) is 25.7 Å². The highest BCUT2D eigenvalue weighted by molar-refractivity contribution is 5.72. The van der Waals surface area contributed by atoms with Gasteiger partial charge in [-0.1, -0.05) is 0 Å². The Kier molecular flexibility index (Phi) is 4.78. The minimum atomic E-state index is -1.08. The zero-order chi connectivity index (χ0) is 13.7. The third-order valence-electron chi connectivity index (χ3n) is 2.22. The smallest absolute Gasteiger partial charge is 0.317 e. The summed E-state index contributed by atoms with van der Waals surface area (Å²) in [6.07, 6.45) is 1.37. The van der Waals surface area contributed by atoms with Gasteiger partial charge in [0.25, 0.3) is 0 Å². The fourth-order valence-corrected chi connectivity index (χ4v) is 1.57. The molecule has 0 unspecified atom stereocenters. The van der Waals surface area contributed by atoms with E-state index in [1.54, 1.807) is 4.68 Å². The zero-order valence-electron chi connectivity index (χ0n) is 10.3. The summed E-state index contributed by atoms with van der Waals surface area (Å²) in [6, 6.07) is 0.0824. The molecule has 0 aromatic carbocycles. The molecule has 0 spiro atoms. The average Bonchev–Trinajstić information content (AvgIpc) is 2.63. The second-order valence-corrected chi connectivity index (χ2v) is 4.15. The summed E-state index contributed by atoms with van der Waals surface area (Å²) in [5.41, 5.74) is 0. The molecule has 2 N–H and O–H groups in total. The predicted molar refractivity (Wildman–Crippen MR) is 61.0 cm³/mol. The van der Waals surface area contributed by atoms with E-state index in [2.05, 4.69) is 10.1 Å². The van der Waals surface area contributed by atoms with Crippen molar-refractivity contribution in [2.75, 3.05) is 13.1 Å². The van der Waals surface area contributed by atoms with Gasteiger partial charge in [0.1, 0.15) is 12.2 Å². The molecule has 0 bridgehead atoms. The third kappa shape index (κ3) is 4.13. The molecule has 0 radical (unpaired) electrons. The molecule has 100 valence electrons. The highest BCUT2D eigenvalue weighted by Gasteiger charge is 2.17. The van der Waals surface area contributed by atoms with Crippen LogP contribution in [0.4, 0.5) is 0 Å². The molecule has 0 saturated carbocycles. The number of nitrogens with zero attached hydrogens (tertiary/aromatic N) is 4. The molecule has 0 amide bonds. The minimum Gasteiger partial charge on any atom is -0.480 e. The number of hydrogen-bond donors (Lipinski definition) is 2. The van der Waals surface area contributed by atoms with Crippen molar-refractivity contribution in [1.29, 1.82) is 0 Å². The number of rotatable bonds is 7. The van der Waals surface area contributed by atoms with Crippen molar-refractivity contribution in [2.45, 2.75) is 26.4 Å². The summed E-state index contributed by atoms with van der Waals surface area (Å²) in [5.74, 6) is -1.61. The lowest BCUT2D eigenvalue weighted by molar-refractivity contribution is -0.142. The molecule has 0 saturated heterocycles. The first kappa shape index (κ1) is 14.1. The first-order valence-electron chi connectivity index (χ1n) is 5.44. The predicted octanol–water partition coefficient (Wildman–Crippen LogP) is -0.170. The normalized spacial score (nSPS) is 11.1. The molecule has 0 aliphatic rings. The van der Waals surface area contributed by atoms with E-state index in [0.29, 0.717) is 5.82 Å². The van der Waals surface area contributed by atoms with E-state index < -0.39 is 11.9 Å². The van der Waals surface area contributed by atoms with Crippen molar-refractivity contribution in [3.05, 3.63) is 12.2 Å². The van der Waals surface area contributed by atoms with Crippen molar-refractivity contribution in [2.24, 2.45) is 0 Å². The zero-order valence-corrected chi connectivity index (χ0v) is 10.3. The third-order valence-corrected chi connectivity index (χ3v) is 2.22. The van der Waals surface area contributed by atoms with Gasteiger partial charge in [0.2, 0.25) is 0 Å². The van der Waals surface area contributed by atoms with Crippen molar-refractivity contribution in [3.8, 4) is 0 Å². The molecule has 0 aliphatic carbocycles.